The molecule has 0 fully saturated rings. The quantitative estimate of drug-likeness (QED) is 0.225. The van der Waals surface area contributed by atoms with E-state index in [4.69, 9.17) is 21.1 Å². The molecule has 37 heavy (non-hydrogen) atoms. The topological polar surface area (TPSA) is 76.7 Å². The Labute approximate surface area is 225 Å². The maximum atomic E-state index is 13.4. The van der Waals surface area contributed by atoms with Gasteiger partial charge < -0.3 is 20.1 Å². The molecule has 0 heterocycles. The van der Waals surface area contributed by atoms with E-state index in [-0.39, 0.29) is 11.8 Å². The van der Waals surface area contributed by atoms with Crippen LogP contribution in [0.25, 0.3) is 0 Å². The number of thioether (sulfide) groups is 1. The fourth-order valence-corrected chi connectivity index (χ4v) is 4.79. The number of amides is 2. The highest BCUT2D eigenvalue weighted by molar-refractivity contribution is 8.00. The Balaban J connectivity index is 1.51. The molecule has 188 valence electrons. The highest BCUT2D eigenvalue weighted by atomic mass is 35.5. The third kappa shape index (κ3) is 6.84. The molecule has 2 amide bonds. The number of nitrogens with one attached hydrogen (secondary N) is 2. The Hall–Kier alpha value is -3.94. The van der Waals surface area contributed by atoms with Crippen molar-refractivity contribution in [2.75, 3.05) is 24.9 Å². The molecular weight excluding hydrogens is 508 g/mol. The van der Waals surface area contributed by atoms with E-state index >= 15 is 0 Å². The molecule has 0 aliphatic rings. The van der Waals surface area contributed by atoms with Crippen LogP contribution in [0, 0.1) is 0 Å². The summed E-state index contributed by atoms with van der Waals surface area (Å²) in [6.07, 6.45) is 0. The molecule has 2 N–H and O–H groups in total. The fraction of sp³-hybridized carbons (Fsp3) is 0.103. The van der Waals surface area contributed by atoms with Gasteiger partial charge in [0.25, 0.3) is 5.91 Å². The Morgan fingerprint density at radius 3 is 2.27 bits per heavy atom. The second-order valence-electron chi connectivity index (χ2n) is 7.95. The van der Waals surface area contributed by atoms with Crippen LogP contribution in [0.5, 0.6) is 11.5 Å². The number of anilines is 2. The predicted octanol–water partition coefficient (Wildman–Crippen LogP) is 7.08. The van der Waals surface area contributed by atoms with Crippen LogP contribution in [0.2, 0.25) is 5.02 Å². The minimum atomic E-state index is -0.540. The van der Waals surface area contributed by atoms with Crippen LogP contribution in [0.3, 0.4) is 0 Å². The number of rotatable bonds is 9. The van der Waals surface area contributed by atoms with Gasteiger partial charge in [0, 0.05) is 21.2 Å². The minimum Gasteiger partial charge on any atom is -0.497 e. The fourth-order valence-electron chi connectivity index (χ4n) is 3.60. The molecule has 1 unspecified atom stereocenters. The van der Waals surface area contributed by atoms with Crippen LogP contribution in [-0.2, 0) is 4.79 Å². The number of benzene rings is 4. The number of carbonyl (C=O) groups excluding carboxylic acids is 2. The van der Waals surface area contributed by atoms with Crippen LogP contribution in [-0.4, -0.2) is 26.0 Å². The number of ether oxygens (including phenoxy) is 2. The van der Waals surface area contributed by atoms with Crippen molar-refractivity contribution in [3.05, 3.63) is 113 Å². The minimum absolute atomic E-state index is 0.216. The van der Waals surface area contributed by atoms with Crippen LogP contribution in [0.1, 0.15) is 21.2 Å². The largest absolute Gasteiger partial charge is 0.497 e. The molecule has 4 rings (SSSR count). The van der Waals surface area contributed by atoms with Crippen molar-refractivity contribution in [1.82, 2.24) is 0 Å². The summed E-state index contributed by atoms with van der Waals surface area (Å²) in [6, 6.07) is 28.9. The lowest BCUT2D eigenvalue weighted by Gasteiger charge is -2.18. The van der Waals surface area contributed by atoms with E-state index < -0.39 is 5.25 Å². The monoisotopic (exact) mass is 532 g/mol. The highest BCUT2D eigenvalue weighted by Gasteiger charge is 2.23. The second-order valence-corrected chi connectivity index (χ2v) is 9.57. The maximum Gasteiger partial charge on any atom is 0.255 e. The van der Waals surface area contributed by atoms with Gasteiger partial charge >= 0.3 is 0 Å². The molecule has 4 aromatic carbocycles. The summed E-state index contributed by atoms with van der Waals surface area (Å²) in [5, 5.41) is 5.79. The van der Waals surface area contributed by atoms with Gasteiger partial charge in [-0.1, -0.05) is 48.0 Å². The zero-order chi connectivity index (χ0) is 26.2. The molecule has 8 heteroatoms. The molecule has 6 nitrogen and oxygen atoms in total. The summed E-state index contributed by atoms with van der Waals surface area (Å²) in [5.74, 6) is 0.675. The Kier molecular flexibility index (Phi) is 8.72. The van der Waals surface area contributed by atoms with E-state index in [2.05, 4.69) is 10.6 Å². The summed E-state index contributed by atoms with van der Waals surface area (Å²) in [7, 11) is 3.10. The van der Waals surface area contributed by atoms with E-state index in [0.29, 0.717) is 33.5 Å². The normalized spacial score (nSPS) is 11.3. The first kappa shape index (κ1) is 26.1. The van der Waals surface area contributed by atoms with Gasteiger partial charge in [0.05, 0.1) is 19.9 Å². The summed E-state index contributed by atoms with van der Waals surface area (Å²) in [4.78, 5) is 26.9. The predicted molar refractivity (Wildman–Crippen MR) is 149 cm³/mol. The van der Waals surface area contributed by atoms with Gasteiger partial charge in [0.15, 0.2) is 0 Å². The molecule has 0 saturated heterocycles. The standard InChI is InChI=1S/C29H25ClN2O4S/c1-35-23-10-6-9-20(17-23)28(33)31-22-12-14-24(15-13-22)37-27(19-7-4-3-5-8-19)29(34)32-25-18-21(30)11-16-26(25)36-2/h3-18,27H,1-2H3,(H,31,33)(H,32,34). The number of halogens is 1. The highest BCUT2D eigenvalue weighted by Crippen LogP contribution is 2.38. The third-order valence-corrected chi connectivity index (χ3v) is 6.96. The SMILES string of the molecule is COc1cccc(C(=O)Nc2ccc(SC(C(=O)Nc3cc(Cl)ccc3OC)c3ccccc3)cc2)c1. The van der Waals surface area contributed by atoms with E-state index in [1.54, 1.807) is 61.7 Å². The van der Waals surface area contributed by atoms with Crippen molar-refractivity contribution in [3.8, 4) is 11.5 Å². The van der Waals surface area contributed by atoms with Crippen molar-refractivity contribution in [2.24, 2.45) is 0 Å². The number of hydrogen-bond acceptors (Lipinski definition) is 5. The maximum absolute atomic E-state index is 13.4. The van der Waals surface area contributed by atoms with Crippen molar-refractivity contribution < 1.29 is 19.1 Å². The third-order valence-electron chi connectivity index (χ3n) is 5.46. The van der Waals surface area contributed by atoms with Crippen LogP contribution in [0.4, 0.5) is 11.4 Å². The van der Waals surface area contributed by atoms with Crippen molar-refractivity contribution in [2.45, 2.75) is 10.1 Å². The first-order valence-corrected chi connectivity index (χ1v) is 12.6. The Morgan fingerprint density at radius 2 is 1.57 bits per heavy atom. The van der Waals surface area contributed by atoms with Gasteiger partial charge in [0.1, 0.15) is 16.7 Å². The van der Waals surface area contributed by atoms with Gasteiger partial charge in [-0.3, -0.25) is 9.59 Å². The Morgan fingerprint density at radius 1 is 0.811 bits per heavy atom. The lowest BCUT2D eigenvalue weighted by atomic mass is 10.1. The lowest BCUT2D eigenvalue weighted by molar-refractivity contribution is -0.115. The summed E-state index contributed by atoms with van der Waals surface area (Å²) in [5.41, 5.74) is 2.48. The van der Waals surface area contributed by atoms with E-state index in [1.807, 2.05) is 42.5 Å². The summed E-state index contributed by atoms with van der Waals surface area (Å²) < 4.78 is 10.6. The lowest BCUT2D eigenvalue weighted by Crippen LogP contribution is -2.19. The molecule has 0 aliphatic heterocycles. The molecule has 0 aliphatic carbocycles. The average Bonchev–Trinajstić information content (AvgIpc) is 2.93. The summed E-state index contributed by atoms with van der Waals surface area (Å²) in [6.45, 7) is 0. The zero-order valence-corrected chi connectivity index (χ0v) is 21.8. The smallest absolute Gasteiger partial charge is 0.255 e. The molecule has 0 spiro atoms. The van der Waals surface area contributed by atoms with Crippen molar-refractivity contribution in [3.63, 3.8) is 0 Å². The van der Waals surface area contributed by atoms with Crippen molar-refractivity contribution >= 4 is 46.6 Å². The van der Waals surface area contributed by atoms with Gasteiger partial charge in [-0.15, -0.1) is 11.8 Å². The van der Waals surface area contributed by atoms with Gasteiger partial charge in [-0.2, -0.15) is 0 Å². The first-order chi connectivity index (χ1) is 18.0. The van der Waals surface area contributed by atoms with Crippen molar-refractivity contribution in [1.29, 1.82) is 0 Å². The van der Waals surface area contributed by atoms with E-state index in [0.717, 1.165) is 10.5 Å². The number of methoxy groups -OCH3 is 2. The molecule has 0 radical (unpaired) electrons. The number of carbonyl (C=O) groups is 2. The van der Waals surface area contributed by atoms with Crippen LogP contribution >= 0.6 is 23.4 Å². The van der Waals surface area contributed by atoms with Crippen LogP contribution in [0.15, 0.2) is 102 Å². The van der Waals surface area contributed by atoms with E-state index in [9.17, 15) is 9.59 Å². The second kappa shape index (κ2) is 12.3. The van der Waals surface area contributed by atoms with Gasteiger partial charge in [0.2, 0.25) is 5.91 Å². The average molecular weight is 533 g/mol. The van der Waals surface area contributed by atoms with E-state index in [1.165, 1.54) is 18.9 Å². The molecular formula is C29H25ClN2O4S. The molecule has 0 aromatic heterocycles. The molecule has 0 bridgehead atoms. The van der Waals surface area contributed by atoms with Gasteiger partial charge in [-0.05, 0) is 66.2 Å². The molecule has 1 atom stereocenters. The molecule has 0 saturated carbocycles. The van der Waals surface area contributed by atoms with Crippen LogP contribution < -0.4 is 20.1 Å². The number of hydrogen-bond donors (Lipinski definition) is 2. The zero-order valence-electron chi connectivity index (χ0n) is 20.2. The van der Waals surface area contributed by atoms with Gasteiger partial charge in [-0.25, -0.2) is 0 Å². The Bertz CT molecular complexity index is 1380. The molecule has 4 aromatic rings. The summed E-state index contributed by atoms with van der Waals surface area (Å²) >= 11 is 7.54. The first-order valence-electron chi connectivity index (χ1n) is 11.4.